The number of carboxylic acids is 1. The van der Waals surface area contributed by atoms with Crippen LogP contribution in [-0.4, -0.2) is 97.6 Å². The molecule has 0 radical (unpaired) electrons. The molecule has 12 heteroatoms. The molecule has 3 aliphatic carbocycles. The van der Waals surface area contributed by atoms with Crippen molar-refractivity contribution in [1.29, 1.82) is 0 Å². The van der Waals surface area contributed by atoms with Gasteiger partial charge in [-0.15, -0.1) is 0 Å². The van der Waals surface area contributed by atoms with E-state index in [0.29, 0.717) is 36.8 Å². The van der Waals surface area contributed by atoms with Crippen molar-refractivity contribution in [3.05, 3.63) is 69.9 Å². The predicted octanol–water partition coefficient (Wildman–Crippen LogP) is 4.71. The standard InChI is InChI=1S/C44H62O12/c1-20(16-21(2)17-32(45)26(7)41(50)51)12-10-9-11-13-28-23(4)18-31-29(15-14-22(3)40(31)55-44-39(49)38(48)37(47)27(8)54-44)36-35(28)34-25(6)33(46)19-30(34)24(5)42(52)56-43(36)53/h9-13,18,21-22,25-29,31-33,36-40,44-49H,14-17,19H2,1-8H3,(H,50,51)/b10-9+,13-11+,20-12+,30-24?,35-34?/t21-,22-,25+,26-,27+,28-,29+,31-,32+,33+,36+,37+,38+,39+,40-,44-/m1/s1. The van der Waals surface area contributed by atoms with Gasteiger partial charge >= 0.3 is 17.9 Å². The lowest BCUT2D eigenvalue weighted by Crippen LogP contribution is -2.59. The Bertz CT molecular complexity index is 1690. The number of carboxylic acid groups (broad SMARTS) is 1. The van der Waals surface area contributed by atoms with Gasteiger partial charge in [0.1, 0.15) is 18.3 Å². The molecule has 3 fully saturated rings. The maximum absolute atomic E-state index is 14.4. The Morgan fingerprint density at radius 2 is 1.70 bits per heavy atom. The fourth-order valence-corrected chi connectivity index (χ4v) is 9.57. The normalized spacial score (nSPS) is 38.6. The van der Waals surface area contributed by atoms with Crippen LogP contribution in [0.2, 0.25) is 0 Å². The second kappa shape index (κ2) is 18.1. The SMILES string of the molecule is CC1=C[C@@H]2[C@H](CC[C@@H](C)[C@H]2O[C@H]2O[C@@H](C)[C@H](O)[C@H](O)[C@@H]2O)[C@@H]2C(=O)OC(=O)C(C)=C3C[C@H](O)[C@H](C)C3=C2[C@@H]1/C=C/C=C/C=C(\C)C[C@@H](C)C[C@H](O)[C@@H](C)C(=O)O. The zero-order valence-corrected chi connectivity index (χ0v) is 33.9. The third-order valence-corrected chi connectivity index (χ3v) is 13.0. The van der Waals surface area contributed by atoms with Crippen LogP contribution in [0.3, 0.4) is 0 Å². The highest BCUT2D eigenvalue weighted by Crippen LogP contribution is 2.54. The van der Waals surface area contributed by atoms with Gasteiger partial charge in [-0.1, -0.05) is 68.4 Å². The topological polar surface area (TPSA) is 200 Å². The molecule has 56 heavy (non-hydrogen) atoms. The monoisotopic (exact) mass is 782 g/mol. The Kier molecular flexibility index (Phi) is 14.2. The number of hydrogen-bond donors (Lipinski definition) is 6. The van der Waals surface area contributed by atoms with E-state index in [1.165, 1.54) is 6.92 Å². The number of fused-ring (bicyclic) bond motifs is 4. The summed E-state index contributed by atoms with van der Waals surface area (Å²) in [5, 5.41) is 62.6. The molecule has 0 unspecified atom stereocenters. The molecule has 5 rings (SSSR count). The van der Waals surface area contributed by atoms with Gasteiger partial charge in [0.2, 0.25) is 0 Å². The van der Waals surface area contributed by atoms with Crippen LogP contribution in [0.25, 0.3) is 0 Å². The molecule has 0 aromatic carbocycles. The van der Waals surface area contributed by atoms with Crippen molar-refractivity contribution in [3.8, 4) is 0 Å². The summed E-state index contributed by atoms with van der Waals surface area (Å²) in [5.74, 6) is -5.57. The Labute approximate surface area is 330 Å². The quantitative estimate of drug-likeness (QED) is 0.0732. The second-order valence-electron chi connectivity index (χ2n) is 17.2. The molecule has 0 amide bonds. The van der Waals surface area contributed by atoms with Crippen molar-refractivity contribution in [2.24, 2.45) is 47.3 Å². The van der Waals surface area contributed by atoms with Gasteiger partial charge in [-0.25, -0.2) is 4.79 Å². The van der Waals surface area contributed by atoms with E-state index in [2.05, 4.69) is 6.08 Å². The van der Waals surface area contributed by atoms with E-state index in [1.807, 2.05) is 65.0 Å². The number of carbonyl (C=O) groups is 3. The Hall–Kier alpha value is -3.23. The van der Waals surface area contributed by atoms with Crippen molar-refractivity contribution in [3.63, 3.8) is 0 Å². The number of ether oxygens (including phenoxy) is 3. The summed E-state index contributed by atoms with van der Waals surface area (Å²) in [5.41, 5.74) is 4.63. The number of carbonyl (C=O) groups excluding carboxylic acids is 2. The molecule has 0 spiro atoms. The van der Waals surface area contributed by atoms with E-state index in [9.17, 15) is 45.0 Å². The van der Waals surface area contributed by atoms with E-state index >= 15 is 0 Å². The number of hydrogen-bond acceptors (Lipinski definition) is 11. The third-order valence-electron chi connectivity index (χ3n) is 13.0. The molecule has 5 aliphatic rings. The van der Waals surface area contributed by atoms with E-state index in [0.717, 1.165) is 22.3 Å². The van der Waals surface area contributed by atoms with Gasteiger partial charge in [0.25, 0.3) is 0 Å². The van der Waals surface area contributed by atoms with E-state index in [1.54, 1.807) is 13.8 Å². The van der Waals surface area contributed by atoms with Gasteiger partial charge in [0.15, 0.2) is 6.29 Å². The summed E-state index contributed by atoms with van der Waals surface area (Å²) < 4.78 is 18.0. The summed E-state index contributed by atoms with van der Waals surface area (Å²) in [6.45, 7) is 14.7. The molecule has 0 aromatic heterocycles. The van der Waals surface area contributed by atoms with E-state index in [-0.39, 0.29) is 36.0 Å². The highest BCUT2D eigenvalue weighted by Gasteiger charge is 2.53. The molecule has 6 N–H and O–H groups in total. The van der Waals surface area contributed by atoms with Crippen LogP contribution in [0.5, 0.6) is 0 Å². The molecule has 310 valence electrons. The highest BCUT2D eigenvalue weighted by atomic mass is 16.7. The van der Waals surface area contributed by atoms with Gasteiger partial charge < -0.3 is 44.8 Å². The number of esters is 2. The van der Waals surface area contributed by atoms with Crippen LogP contribution in [0.15, 0.2) is 69.9 Å². The summed E-state index contributed by atoms with van der Waals surface area (Å²) in [4.78, 5) is 39.0. The maximum Gasteiger partial charge on any atom is 0.341 e. The van der Waals surface area contributed by atoms with Crippen LogP contribution >= 0.6 is 0 Å². The summed E-state index contributed by atoms with van der Waals surface area (Å²) in [6, 6.07) is 0. The summed E-state index contributed by atoms with van der Waals surface area (Å²) in [7, 11) is 0. The van der Waals surface area contributed by atoms with Crippen molar-refractivity contribution in [1.82, 2.24) is 0 Å². The smallest absolute Gasteiger partial charge is 0.341 e. The highest BCUT2D eigenvalue weighted by molar-refractivity contribution is 5.99. The summed E-state index contributed by atoms with van der Waals surface area (Å²) in [6.07, 6.45) is 5.93. The average molecular weight is 783 g/mol. The first-order valence-corrected chi connectivity index (χ1v) is 20.2. The number of aliphatic hydroxyl groups is 5. The first kappa shape index (κ1) is 43.9. The molecule has 12 nitrogen and oxygen atoms in total. The van der Waals surface area contributed by atoms with Crippen LogP contribution in [0, 0.1) is 47.3 Å². The van der Waals surface area contributed by atoms with Crippen molar-refractivity contribution < 1.29 is 59.2 Å². The van der Waals surface area contributed by atoms with Gasteiger partial charge in [0.05, 0.1) is 36.3 Å². The molecule has 1 saturated heterocycles. The fraction of sp³-hybridized carbons (Fsp3) is 0.659. The Morgan fingerprint density at radius 1 is 1.00 bits per heavy atom. The number of rotatable bonds is 11. The molecule has 2 saturated carbocycles. The lowest BCUT2D eigenvalue weighted by atomic mass is 9.65. The first-order chi connectivity index (χ1) is 26.3. The lowest BCUT2D eigenvalue weighted by molar-refractivity contribution is -0.314. The number of aliphatic carboxylic acids is 1. The van der Waals surface area contributed by atoms with Gasteiger partial charge in [-0.05, 0) is 101 Å². The average Bonchev–Trinajstić information content (AvgIpc) is 3.36. The number of aliphatic hydroxyl groups excluding tert-OH is 5. The van der Waals surface area contributed by atoms with E-state index < -0.39 is 84.7 Å². The molecule has 16 atom stereocenters. The molecule has 0 aromatic rings. The van der Waals surface area contributed by atoms with Crippen molar-refractivity contribution in [2.75, 3.05) is 0 Å². The Morgan fingerprint density at radius 3 is 2.38 bits per heavy atom. The van der Waals surface area contributed by atoms with Crippen molar-refractivity contribution >= 4 is 17.9 Å². The predicted molar refractivity (Wildman–Crippen MR) is 207 cm³/mol. The minimum atomic E-state index is -1.50. The molecule has 2 heterocycles. The number of allylic oxidation sites excluding steroid dienone is 7. The van der Waals surface area contributed by atoms with Gasteiger partial charge in [-0.2, -0.15) is 0 Å². The zero-order chi connectivity index (χ0) is 41.3. The van der Waals surface area contributed by atoms with E-state index in [4.69, 9.17) is 14.2 Å². The molecular weight excluding hydrogens is 720 g/mol. The minimum absolute atomic E-state index is 0.0424. The third kappa shape index (κ3) is 9.07. The zero-order valence-electron chi connectivity index (χ0n) is 33.9. The van der Waals surface area contributed by atoms with Crippen LogP contribution in [0.4, 0.5) is 0 Å². The second-order valence-corrected chi connectivity index (χ2v) is 17.2. The first-order valence-electron chi connectivity index (χ1n) is 20.2. The van der Waals surface area contributed by atoms with Crippen LogP contribution < -0.4 is 0 Å². The largest absolute Gasteiger partial charge is 0.481 e. The van der Waals surface area contributed by atoms with Crippen LogP contribution in [0.1, 0.15) is 87.5 Å². The summed E-state index contributed by atoms with van der Waals surface area (Å²) >= 11 is 0. The van der Waals surface area contributed by atoms with Gasteiger partial charge in [0, 0.05) is 23.3 Å². The van der Waals surface area contributed by atoms with Crippen molar-refractivity contribution in [2.45, 2.75) is 137 Å². The molecule has 2 aliphatic heterocycles. The maximum atomic E-state index is 14.4. The fourth-order valence-electron chi connectivity index (χ4n) is 9.57. The lowest BCUT2D eigenvalue weighted by Gasteiger charge is -2.46. The molecule has 0 bridgehead atoms. The minimum Gasteiger partial charge on any atom is -0.481 e. The molecular formula is C44H62O12. The Balaban J connectivity index is 1.53. The van der Waals surface area contributed by atoms with Crippen LogP contribution in [-0.2, 0) is 28.6 Å². The number of cyclic esters (lactones) is 2. The van der Waals surface area contributed by atoms with Gasteiger partial charge in [-0.3, -0.25) is 9.59 Å².